The van der Waals surface area contributed by atoms with Gasteiger partial charge in [0.2, 0.25) is 10.0 Å². The lowest BCUT2D eigenvalue weighted by Gasteiger charge is -2.32. The smallest absolute Gasteiger partial charge is 0.325 e. The molecule has 1 heterocycles. The van der Waals surface area contributed by atoms with Crippen LogP contribution in [-0.2, 0) is 24.3 Å². The molecule has 1 aromatic carbocycles. The van der Waals surface area contributed by atoms with Crippen LogP contribution in [-0.4, -0.2) is 48.0 Å². The van der Waals surface area contributed by atoms with Crippen molar-refractivity contribution in [3.8, 4) is 0 Å². The number of hydrogen-bond donors (Lipinski definition) is 1. The number of aryl methyl sites for hydroxylation is 1. The summed E-state index contributed by atoms with van der Waals surface area (Å²) >= 11 is 0. The van der Waals surface area contributed by atoms with Crippen molar-refractivity contribution in [2.45, 2.75) is 50.2 Å². The molecule has 0 saturated carbocycles. The lowest BCUT2D eigenvalue weighted by molar-refractivity contribution is -0.150. The second kappa shape index (κ2) is 6.52. The Balaban J connectivity index is 2.49. The Labute approximate surface area is 141 Å². The highest BCUT2D eigenvalue weighted by Crippen LogP contribution is 2.38. The average molecular weight is 355 g/mol. The average Bonchev–Trinajstić information content (AvgIpc) is 2.87. The zero-order valence-electron chi connectivity index (χ0n) is 13.9. The molecule has 24 heavy (non-hydrogen) atoms. The molecule has 7 nitrogen and oxygen atoms in total. The van der Waals surface area contributed by atoms with Crippen molar-refractivity contribution < 1.29 is 27.9 Å². The molecule has 1 aliphatic heterocycles. The maximum atomic E-state index is 13.0. The molecule has 0 radical (unpaired) electrons. The number of aliphatic carboxylic acids is 1. The summed E-state index contributed by atoms with van der Waals surface area (Å²) in [5.41, 5.74) is -0.725. The molecule has 2 rings (SSSR count). The monoisotopic (exact) mass is 355 g/mol. The van der Waals surface area contributed by atoms with E-state index >= 15 is 0 Å². The number of carboxylic acid groups (broad SMARTS) is 1. The van der Waals surface area contributed by atoms with E-state index in [1.165, 1.54) is 19.1 Å². The summed E-state index contributed by atoms with van der Waals surface area (Å²) in [6.45, 7) is 4.49. The summed E-state index contributed by atoms with van der Waals surface area (Å²) in [7, 11) is -4.03. The summed E-state index contributed by atoms with van der Waals surface area (Å²) in [6, 6.07) is 6.21. The molecule has 0 aromatic heterocycles. The summed E-state index contributed by atoms with van der Waals surface area (Å²) in [6.07, 6.45) is -0.770. The van der Waals surface area contributed by atoms with E-state index in [9.17, 15) is 23.1 Å². The first kappa shape index (κ1) is 18.4. The molecule has 0 aliphatic carbocycles. The van der Waals surface area contributed by atoms with Crippen LogP contribution in [0, 0.1) is 6.92 Å². The molecule has 8 heteroatoms. The first-order valence-corrected chi connectivity index (χ1v) is 9.07. The number of ether oxygens (including phenoxy) is 1. The molecule has 0 bridgehead atoms. The number of nitrogens with zero attached hydrogens (tertiary/aromatic N) is 1. The minimum absolute atomic E-state index is 0.0238. The molecule has 1 N–H and O–H groups in total. The van der Waals surface area contributed by atoms with Gasteiger partial charge in [-0.1, -0.05) is 24.6 Å². The number of carbonyl (C=O) groups excluding carboxylic acids is 1. The van der Waals surface area contributed by atoms with Crippen LogP contribution in [0.15, 0.2) is 29.2 Å². The van der Waals surface area contributed by atoms with E-state index in [-0.39, 0.29) is 24.3 Å². The van der Waals surface area contributed by atoms with E-state index in [1.807, 2.05) is 6.92 Å². The van der Waals surface area contributed by atoms with Gasteiger partial charge >= 0.3 is 11.9 Å². The van der Waals surface area contributed by atoms with Crippen LogP contribution >= 0.6 is 0 Å². The van der Waals surface area contributed by atoms with Crippen LogP contribution in [0.3, 0.4) is 0 Å². The molecule has 0 amide bonds. The lowest BCUT2D eigenvalue weighted by atomic mass is 9.94. The highest BCUT2D eigenvalue weighted by Gasteiger charge is 2.56. The lowest BCUT2D eigenvalue weighted by Crippen LogP contribution is -2.52. The Morgan fingerprint density at radius 2 is 1.92 bits per heavy atom. The van der Waals surface area contributed by atoms with Crippen molar-refractivity contribution >= 4 is 22.0 Å². The molecule has 2 atom stereocenters. The van der Waals surface area contributed by atoms with Crippen molar-refractivity contribution in [3.63, 3.8) is 0 Å². The fourth-order valence-corrected chi connectivity index (χ4v) is 4.89. The molecule has 1 fully saturated rings. The van der Waals surface area contributed by atoms with Gasteiger partial charge in [-0.05, 0) is 25.5 Å². The third-order valence-electron chi connectivity index (χ3n) is 4.34. The minimum Gasteiger partial charge on any atom is -0.480 e. The first-order valence-electron chi connectivity index (χ1n) is 7.63. The van der Waals surface area contributed by atoms with E-state index in [0.717, 1.165) is 9.87 Å². The summed E-state index contributed by atoms with van der Waals surface area (Å²) < 4.78 is 32.0. The van der Waals surface area contributed by atoms with Gasteiger partial charge in [-0.2, -0.15) is 4.31 Å². The maximum Gasteiger partial charge on any atom is 0.325 e. The molecule has 1 saturated heterocycles. The van der Waals surface area contributed by atoms with E-state index in [0.29, 0.717) is 0 Å². The predicted octanol–water partition coefficient (Wildman–Crippen LogP) is 1.55. The number of hydrogen-bond acceptors (Lipinski definition) is 5. The predicted molar refractivity (Wildman–Crippen MR) is 85.9 cm³/mol. The van der Waals surface area contributed by atoms with Crippen molar-refractivity contribution in [1.82, 2.24) is 4.31 Å². The number of sulfonamides is 1. The third kappa shape index (κ3) is 3.16. The van der Waals surface area contributed by atoms with Gasteiger partial charge in [-0.3, -0.25) is 9.59 Å². The van der Waals surface area contributed by atoms with E-state index in [1.54, 1.807) is 19.1 Å². The number of carbonyl (C=O) groups is 2. The topological polar surface area (TPSA) is 101 Å². The Kier molecular flexibility index (Phi) is 5.00. The second-order valence-corrected chi connectivity index (χ2v) is 7.84. The maximum absolute atomic E-state index is 13.0. The third-order valence-corrected chi connectivity index (χ3v) is 6.28. The van der Waals surface area contributed by atoms with Crippen LogP contribution in [0.5, 0.6) is 0 Å². The van der Waals surface area contributed by atoms with Crippen molar-refractivity contribution in [2.75, 3.05) is 6.54 Å². The van der Waals surface area contributed by atoms with Gasteiger partial charge in [0.15, 0.2) is 0 Å². The van der Waals surface area contributed by atoms with Gasteiger partial charge in [0, 0.05) is 13.3 Å². The van der Waals surface area contributed by atoms with Crippen molar-refractivity contribution in [1.29, 1.82) is 0 Å². The molecule has 1 unspecified atom stereocenters. The SMILES string of the molecule is CC[C@]1(C(=O)O)CC(OC(C)=O)CN1S(=O)(=O)c1ccc(C)cc1. The van der Waals surface area contributed by atoms with Crippen LogP contribution in [0.1, 0.15) is 32.3 Å². The second-order valence-electron chi connectivity index (χ2n) is 5.98. The highest BCUT2D eigenvalue weighted by atomic mass is 32.2. The van der Waals surface area contributed by atoms with Gasteiger partial charge in [-0.25, -0.2) is 8.42 Å². The Morgan fingerprint density at radius 1 is 1.33 bits per heavy atom. The molecule has 0 spiro atoms. The largest absolute Gasteiger partial charge is 0.480 e. The van der Waals surface area contributed by atoms with Gasteiger partial charge in [0.25, 0.3) is 0 Å². The number of esters is 1. The summed E-state index contributed by atoms with van der Waals surface area (Å²) in [4.78, 5) is 23.1. The number of carboxylic acids is 1. The minimum atomic E-state index is -4.03. The van der Waals surface area contributed by atoms with Crippen molar-refractivity contribution in [3.05, 3.63) is 29.8 Å². The highest BCUT2D eigenvalue weighted by molar-refractivity contribution is 7.89. The standard InChI is InChI=1S/C16H21NO6S/c1-4-16(15(19)20)9-13(23-12(3)18)10-17(16)24(21,22)14-7-5-11(2)6-8-14/h5-8,13H,4,9-10H2,1-3H3,(H,19,20)/t13?,16-/m1/s1. The fourth-order valence-electron chi connectivity index (χ4n) is 3.05. The summed E-state index contributed by atoms with van der Waals surface area (Å²) in [5, 5.41) is 9.69. The van der Waals surface area contributed by atoms with Crippen LogP contribution < -0.4 is 0 Å². The van der Waals surface area contributed by atoms with Gasteiger partial charge in [0.05, 0.1) is 11.4 Å². The zero-order valence-corrected chi connectivity index (χ0v) is 14.7. The normalized spacial score (nSPS) is 24.7. The Morgan fingerprint density at radius 3 is 2.38 bits per heavy atom. The zero-order chi connectivity index (χ0) is 18.1. The van der Waals surface area contributed by atoms with Crippen LogP contribution in [0.25, 0.3) is 0 Å². The molecule has 1 aromatic rings. The first-order chi connectivity index (χ1) is 11.1. The molecular formula is C16H21NO6S. The van der Waals surface area contributed by atoms with Gasteiger partial charge < -0.3 is 9.84 Å². The van der Waals surface area contributed by atoms with E-state index in [2.05, 4.69) is 0 Å². The Bertz CT molecular complexity index is 742. The number of rotatable bonds is 5. The summed E-state index contributed by atoms with van der Waals surface area (Å²) in [5.74, 6) is -1.81. The Hall–Kier alpha value is -1.93. The van der Waals surface area contributed by atoms with Crippen LogP contribution in [0.4, 0.5) is 0 Å². The van der Waals surface area contributed by atoms with Crippen LogP contribution in [0.2, 0.25) is 0 Å². The number of benzene rings is 1. The molecule has 1 aliphatic rings. The molecular weight excluding hydrogens is 334 g/mol. The fraction of sp³-hybridized carbons (Fsp3) is 0.500. The van der Waals surface area contributed by atoms with Gasteiger partial charge in [-0.15, -0.1) is 0 Å². The molecule has 132 valence electrons. The quantitative estimate of drug-likeness (QED) is 0.804. The van der Waals surface area contributed by atoms with Crippen molar-refractivity contribution in [2.24, 2.45) is 0 Å². The van der Waals surface area contributed by atoms with E-state index < -0.39 is 33.6 Å². The van der Waals surface area contributed by atoms with Gasteiger partial charge in [0.1, 0.15) is 11.6 Å². The van der Waals surface area contributed by atoms with E-state index in [4.69, 9.17) is 4.74 Å².